The van der Waals surface area contributed by atoms with Crippen LogP contribution in [0.25, 0.3) is 11.4 Å². The fourth-order valence-corrected chi connectivity index (χ4v) is 4.41. The Morgan fingerprint density at radius 2 is 2.06 bits per heavy atom. The van der Waals surface area contributed by atoms with Crippen LogP contribution in [-0.4, -0.2) is 47.8 Å². The number of nitrogens with zero attached hydrogens (tertiary/aromatic N) is 6. The Morgan fingerprint density at radius 3 is 2.81 bits per heavy atom. The third-order valence-corrected chi connectivity index (χ3v) is 5.83. The molecule has 1 unspecified atom stereocenters. The Labute approximate surface area is 185 Å². The van der Waals surface area contributed by atoms with Crippen molar-refractivity contribution in [2.24, 2.45) is 0 Å². The summed E-state index contributed by atoms with van der Waals surface area (Å²) in [7, 11) is 0. The summed E-state index contributed by atoms with van der Waals surface area (Å²) >= 11 is 0. The standard InChI is InChI=1S/C21H26FN9O/c1-11-15(9-20(2,3)27-11)25-17-14(22)10-23-19(26-17)24-12-6-7-16-13(8-12)18-28-29-30-31(18)21(4,5)32-16/h6-8,10-11,15,27H,9H2,1-5H3,(H2,23,24,25,26)/t11?,15-/m1/s1. The molecule has 1 saturated heterocycles. The van der Waals surface area contributed by atoms with Crippen LogP contribution in [0.3, 0.4) is 0 Å². The molecule has 1 aromatic carbocycles. The van der Waals surface area contributed by atoms with Crippen LogP contribution in [0.5, 0.6) is 5.75 Å². The number of ether oxygens (including phenoxy) is 1. The van der Waals surface area contributed by atoms with Crippen molar-refractivity contribution < 1.29 is 9.13 Å². The predicted molar refractivity (Wildman–Crippen MR) is 117 cm³/mol. The minimum Gasteiger partial charge on any atom is -0.466 e. The van der Waals surface area contributed by atoms with E-state index in [0.29, 0.717) is 17.3 Å². The van der Waals surface area contributed by atoms with Gasteiger partial charge in [0.2, 0.25) is 11.7 Å². The van der Waals surface area contributed by atoms with Crippen LogP contribution in [0.4, 0.5) is 21.8 Å². The molecule has 2 atom stereocenters. The van der Waals surface area contributed by atoms with E-state index in [1.54, 1.807) is 4.68 Å². The maximum atomic E-state index is 14.4. The summed E-state index contributed by atoms with van der Waals surface area (Å²) in [5.74, 6) is 1.24. The zero-order valence-electron chi connectivity index (χ0n) is 18.6. The van der Waals surface area contributed by atoms with E-state index in [-0.39, 0.29) is 29.4 Å². The molecular weight excluding hydrogens is 413 g/mol. The van der Waals surface area contributed by atoms with Gasteiger partial charge < -0.3 is 20.7 Å². The molecule has 5 rings (SSSR count). The Hall–Kier alpha value is -3.34. The highest BCUT2D eigenvalue weighted by atomic mass is 19.1. The van der Waals surface area contributed by atoms with Gasteiger partial charge in [0.1, 0.15) is 5.75 Å². The fraction of sp³-hybridized carbons (Fsp3) is 0.476. The number of tetrazole rings is 1. The second kappa shape index (κ2) is 7.09. The van der Waals surface area contributed by atoms with Crippen LogP contribution in [0.2, 0.25) is 0 Å². The second-order valence-corrected chi connectivity index (χ2v) is 9.46. The van der Waals surface area contributed by atoms with Crippen LogP contribution in [0.15, 0.2) is 24.4 Å². The van der Waals surface area contributed by atoms with Crippen LogP contribution in [0, 0.1) is 5.82 Å². The van der Waals surface area contributed by atoms with Crippen LogP contribution >= 0.6 is 0 Å². The minimum atomic E-state index is -0.692. The molecule has 2 aliphatic rings. The van der Waals surface area contributed by atoms with E-state index in [9.17, 15) is 4.39 Å². The quantitative estimate of drug-likeness (QED) is 0.564. The largest absolute Gasteiger partial charge is 0.466 e. The summed E-state index contributed by atoms with van der Waals surface area (Å²) < 4.78 is 22.1. The lowest BCUT2D eigenvalue weighted by Crippen LogP contribution is -2.37. The maximum Gasteiger partial charge on any atom is 0.229 e. The van der Waals surface area contributed by atoms with Crippen molar-refractivity contribution in [1.82, 2.24) is 35.5 Å². The van der Waals surface area contributed by atoms with Crippen molar-refractivity contribution in [2.45, 2.75) is 64.4 Å². The number of benzene rings is 1. The number of aromatic nitrogens is 6. The Morgan fingerprint density at radius 1 is 1.25 bits per heavy atom. The number of rotatable bonds is 4. The van der Waals surface area contributed by atoms with Gasteiger partial charge >= 0.3 is 0 Å². The molecule has 3 N–H and O–H groups in total. The average Bonchev–Trinajstić information content (AvgIpc) is 3.30. The van der Waals surface area contributed by atoms with Crippen molar-refractivity contribution in [3.8, 4) is 17.1 Å². The number of nitrogens with one attached hydrogen (secondary N) is 3. The molecule has 0 spiro atoms. The van der Waals surface area contributed by atoms with Crippen molar-refractivity contribution in [2.75, 3.05) is 10.6 Å². The first-order valence-electron chi connectivity index (χ1n) is 10.6. The smallest absolute Gasteiger partial charge is 0.229 e. The molecule has 10 nitrogen and oxygen atoms in total. The molecule has 3 aromatic rings. The van der Waals surface area contributed by atoms with Gasteiger partial charge in [0, 0.05) is 23.3 Å². The Bertz CT molecular complexity index is 1180. The third-order valence-electron chi connectivity index (χ3n) is 5.83. The zero-order chi connectivity index (χ0) is 22.7. The number of hydrogen-bond acceptors (Lipinski definition) is 9. The molecule has 1 fully saturated rings. The lowest BCUT2D eigenvalue weighted by molar-refractivity contribution is 0.0120. The molecule has 4 heterocycles. The normalized spacial score (nSPS) is 22.6. The van der Waals surface area contributed by atoms with Crippen LogP contribution in [-0.2, 0) is 5.72 Å². The van der Waals surface area contributed by atoms with E-state index >= 15 is 0 Å². The lowest BCUT2D eigenvalue weighted by Gasteiger charge is -2.32. The van der Waals surface area contributed by atoms with Crippen LogP contribution in [0.1, 0.15) is 41.0 Å². The Kier molecular flexibility index (Phi) is 4.55. The topological polar surface area (TPSA) is 115 Å². The summed E-state index contributed by atoms with van der Waals surface area (Å²) in [5, 5.41) is 21.8. The number of hydrogen-bond donors (Lipinski definition) is 3. The summed E-state index contributed by atoms with van der Waals surface area (Å²) in [6.45, 7) is 10.1. The van der Waals surface area contributed by atoms with Crippen molar-refractivity contribution in [3.63, 3.8) is 0 Å². The number of anilines is 3. The van der Waals surface area contributed by atoms with Gasteiger partial charge in [0.25, 0.3) is 0 Å². The molecule has 0 amide bonds. The number of fused-ring (bicyclic) bond motifs is 3. The predicted octanol–water partition coefficient (Wildman–Crippen LogP) is 3.04. The average molecular weight is 439 g/mol. The van der Waals surface area contributed by atoms with Gasteiger partial charge in [0.05, 0.1) is 11.8 Å². The monoisotopic (exact) mass is 439 g/mol. The van der Waals surface area contributed by atoms with E-state index in [1.165, 1.54) is 6.20 Å². The van der Waals surface area contributed by atoms with Gasteiger partial charge in [-0.15, -0.1) is 5.10 Å². The van der Waals surface area contributed by atoms with E-state index in [2.05, 4.69) is 62.2 Å². The first-order chi connectivity index (χ1) is 15.1. The minimum absolute atomic E-state index is 0.0170. The van der Waals surface area contributed by atoms with Gasteiger partial charge in [-0.2, -0.15) is 9.67 Å². The number of halogens is 1. The summed E-state index contributed by atoms with van der Waals surface area (Å²) in [4.78, 5) is 8.47. The lowest BCUT2D eigenvalue weighted by atomic mass is 10.0. The van der Waals surface area contributed by atoms with E-state index in [0.717, 1.165) is 12.0 Å². The highest BCUT2D eigenvalue weighted by molar-refractivity contribution is 5.72. The van der Waals surface area contributed by atoms with Crippen molar-refractivity contribution in [1.29, 1.82) is 0 Å². The molecule has 32 heavy (non-hydrogen) atoms. The van der Waals surface area contributed by atoms with Gasteiger partial charge in [-0.1, -0.05) is 0 Å². The maximum absolute atomic E-state index is 14.4. The zero-order valence-corrected chi connectivity index (χ0v) is 18.6. The second-order valence-electron chi connectivity index (χ2n) is 9.46. The molecule has 0 saturated carbocycles. The van der Waals surface area contributed by atoms with E-state index in [4.69, 9.17) is 4.74 Å². The van der Waals surface area contributed by atoms with Gasteiger partial charge in [0.15, 0.2) is 17.5 Å². The van der Waals surface area contributed by atoms with E-state index in [1.807, 2.05) is 32.0 Å². The Balaban J connectivity index is 1.39. The fourth-order valence-electron chi connectivity index (χ4n) is 4.41. The van der Waals surface area contributed by atoms with Crippen molar-refractivity contribution in [3.05, 3.63) is 30.2 Å². The molecule has 0 radical (unpaired) electrons. The first-order valence-corrected chi connectivity index (χ1v) is 10.6. The van der Waals surface area contributed by atoms with E-state index < -0.39 is 11.5 Å². The summed E-state index contributed by atoms with van der Waals surface area (Å²) in [5.41, 5.74) is 0.739. The van der Waals surface area contributed by atoms with Crippen molar-refractivity contribution >= 4 is 17.5 Å². The van der Waals surface area contributed by atoms with Crippen LogP contribution < -0.4 is 20.7 Å². The van der Waals surface area contributed by atoms with Gasteiger partial charge in [-0.3, -0.25) is 0 Å². The molecular formula is C21H26FN9O. The molecule has 2 aromatic heterocycles. The molecule has 0 bridgehead atoms. The molecule has 11 heteroatoms. The highest BCUT2D eigenvalue weighted by Crippen LogP contribution is 2.40. The molecule has 168 valence electrons. The first kappa shape index (κ1) is 20.6. The SMILES string of the molecule is CC1NC(C)(C)C[C@H]1Nc1nc(Nc2ccc3c(c2)-c2nnnn2C(C)(C)O3)ncc1F. The molecule has 0 aliphatic carbocycles. The third kappa shape index (κ3) is 3.62. The molecule has 2 aliphatic heterocycles. The highest BCUT2D eigenvalue weighted by Gasteiger charge is 2.37. The summed E-state index contributed by atoms with van der Waals surface area (Å²) in [6, 6.07) is 5.79. The summed E-state index contributed by atoms with van der Waals surface area (Å²) in [6.07, 6.45) is 2.02. The van der Waals surface area contributed by atoms with Gasteiger partial charge in [-0.25, -0.2) is 9.37 Å². The van der Waals surface area contributed by atoms with Gasteiger partial charge in [-0.05, 0) is 69.7 Å².